The summed E-state index contributed by atoms with van der Waals surface area (Å²) in [5.74, 6) is -0.0116. The summed E-state index contributed by atoms with van der Waals surface area (Å²) in [6.07, 6.45) is 2.81. The zero-order valence-corrected chi connectivity index (χ0v) is 10.2. The molecule has 0 aliphatic carbocycles. The Morgan fingerprint density at radius 2 is 2.12 bits per heavy atom. The van der Waals surface area contributed by atoms with Crippen molar-refractivity contribution in [2.45, 2.75) is 25.8 Å². The highest BCUT2D eigenvalue weighted by atomic mass is 19.1. The molecule has 96 valence electrons. The first-order valence-corrected chi connectivity index (χ1v) is 5.92. The Hall–Kier alpha value is -1.13. The molecule has 0 saturated carbocycles. The molecule has 0 aliphatic heterocycles. The Kier molecular flexibility index (Phi) is 6.58. The summed E-state index contributed by atoms with van der Waals surface area (Å²) in [6.45, 7) is 1.57. The molecule has 0 heterocycles. The Morgan fingerprint density at radius 1 is 1.29 bits per heavy atom. The molecule has 4 heteroatoms. The summed E-state index contributed by atoms with van der Waals surface area (Å²) in [4.78, 5) is 0. The highest BCUT2D eigenvalue weighted by Gasteiger charge is 2.07. The highest BCUT2D eigenvalue weighted by molar-refractivity contribution is 5.30. The van der Waals surface area contributed by atoms with Crippen molar-refractivity contribution in [1.29, 1.82) is 0 Å². The summed E-state index contributed by atoms with van der Waals surface area (Å²) in [5, 5.41) is 11.8. The summed E-state index contributed by atoms with van der Waals surface area (Å²) in [7, 11) is 1.46. The SMILES string of the molecule is COc1cccc(CNCCCCCO)c1F. The molecule has 0 unspecified atom stereocenters. The second-order valence-electron chi connectivity index (χ2n) is 3.89. The standard InChI is InChI=1S/C13H20FNO2/c1-17-12-7-5-6-11(13(12)14)10-15-8-3-2-4-9-16/h5-7,15-16H,2-4,8-10H2,1H3. The Bertz CT molecular complexity index is 331. The predicted octanol–water partition coefficient (Wildman–Crippen LogP) is 2.09. The lowest BCUT2D eigenvalue weighted by Gasteiger charge is -2.08. The van der Waals surface area contributed by atoms with E-state index in [4.69, 9.17) is 9.84 Å². The van der Waals surface area contributed by atoms with Gasteiger partial charge in [0.15, 0.2) is 11.6 Å². The Labute approximate surface area is 102 Å². The zero-order valence-electron chi connectivity index (χ0n) is 10.2. The average molecular weight is 241 g/mol. The largest absolute Gasteiger partial charge is 0.494 e. The maximum Gasteiger partial charge on any atom is 0.169 e. The summed E-state index contributed by atoms with van der Waals surface area (Å²) < 4.78 is 18.6. The number of benzene rings is 1. The molecular formula is C13H20FNO2. The third-order valence-electron chi connectivity index (χ3n) is 2.59. The first-order valence-electron chi connectivity index (χ1n) is 5.92. The Morgan fingerprint density at radius 3 is 2.82 bits per heavy atom. The number of aliphatic hydroxyl groups excluding tert-OH is 1. The van der Waals surface area contributed by atoms with E-state index in [2.05, 4.69) is 5.32 Å². The van der Waals surface area contributed by atoms with E-state index >= 15 is 0 Å². The van der Waals surface area contributed by atoms with Crippen LogP contribution in [-0.2, 0) is 6.54 Å². The van der Waals surface area contributed by atoms with Gasteiger partial charge in [0.25, 0.3) is 0 Å². The van der Waals surface area contributed by atoms with E-state index in [0.29, 0.717) is 12.1 Å². The smallest absolute Gasteiger partial charge is 0.169 e. The van der Waals surface area contributed by atoms with E-state index in [1.54, 1.807) is 18.2 Å². The summed E-state index contributed by atoms with van der Waals surface area (Å²) in [6, 6.07) is 5.14. The van der Waals surface area contributed by atoms with Crippen LogP contribution >= 0.6 is 0 Å². The van der Waals surface area contributed by atoms with Gasteiger partial charge in [-0.05, 0) is 31.9 Å². The minimum Gasteiger partial charge on any atom is -0.494 e. The fraction of sp³-hybridized carbons (Fsp3) is 0.538. The van der Waals surface area contributed by atoms with E-state index in [9.17, 15) is 4.39 Å². The van der Waals surface area contributed by atoms with Crippen molar-refractivity contribution in [3.05, 3.63) is 29.6 Å². The van der Waals surface area contributed by atoms with Crippen LogP contribution < -0.4 is 10.1 Å². The number of hydrogen-bond donors (Lipinski definition) is 2. The summed E-state index contributed by atoms with van der Waals surface area (Å²) >= 11 is 0. The van der Waals surface area contributed by atoms with Crippen LogP contribution in [0.25, 0.3) is 0 Å². The minimum absolute atomic E-state index is 0.241. The van der Waals surface area contributed by atoms with E-state index in [-0.39, 0.29) is 18.2 Å². The van der Waals surface area contributed by atoms with E-state index in [1.165, 1.54) is 7.11 Å². The van der Waals surface area contributed by atoms with Crippen molar-refractivity contribution in [3.8, 4) is 5.75 Å². The number of ether oxygens (including phenoxy) is 1. The topological polar surface area (TPSA) is 41.5 Å². The Balaban J connectivity index is 2.31. The molecular weight excluding hydrogens is 221 g/mol. The quantitative estimate of drug-likeness (QED) is 0.685. The van der Waals surface area contributed by atoms with Crippen LogP contribution in [0.15, 0.2) is 18.2 Å². The van der Waals surface area contributed by atoms with Gasteiger partial charge in [0.05, 0.1) is 7.11 Å². The lowest BCUT2D eigenvalue weighted by Crippen LogP contribution is -2.15. The van der Waals surface area contributed by atoms with Crippen molar-refractivity contribution < 1.29 is 14.2 Å². The van der Waals surface area contributed by atoms with Gasteiger partial charge < -0.3 is 15.2 Å². The molecule has 1 aromatic rings. The van der Waals surface area contributed by atoms with E-state index in [1.807, 2.05) is 0 Å². The molecule has 0 aromatic heterocycles. The van der Waals surface area contributed by atoms with E-state index in [0.717, 1.165) is 25.8 Å². The van der Waals surface area contributed by atoms with Crippen molar-refractivity contribution in [2.75, 3.05) is 20.3 Å². The van der Waals surface area contributed by atoms with Gasteiger partial charge in [0.2, 0.25) is 0 Å². The van der Waals surface area contributed by atoms with Crippen molar-refractivity contribution >= 4 is 0 Å². The minimum atomic E-state index is -0.294. The van der Waals surface area contributed by atoms with Crippen LogP contribution in [0.2, 0.25) is 0 Å². The number of unbranched alkanes of at least 4 members (excludes halogenated alkanes) is 2. The molecule has 1 rings (SSSR count). The van der Waals surface area contributed by atoms with Gasteiger partial charge in [-0.25, -0.2) is 4.39 Å². The fourth-order valence-electron chi connectivity index (χ4n) is 1.61. The number of halogens is 1. The predicted molar refractivity (Wildman–Crippen MR) is 65.6 cm³/mol. The molecule has 0 radical (unpaired) electrons. The molecule has 2 N–H and O–H groups in total. The van der Waals surface area contributed by atoms with Gasteiger partial charge in [-0.1, -0.05) is 12.1 Å². The van der Waals surface area contributed by atoms with Gasteiger partial charge in [-0.2, -0.15) is 0 Å². The maximum absolute atomic E-state index is 13.7. The van der Waals surface area contributed by atoms with Gasteiger partial charge in [-0.15, -0.1) is 0 Å². The lowest BCUT2D eigenvalue weighted by atomic mass is 10.2. The molecule has 0 amide bonds. The normalized spacial score (nSPS) is 10.5. The lowest BCUT2D eigenvalue weighted by molar-refractivity contribution is 0.283. The van der Waals surface area contributed by atoms with Crippen molar-refractivity contribution in [2.24, 2.45) is 0 Å². The number of hydrogen-bond acceptors (Lipinski definition) is 3. The second-order valence-corrected chi connectivity index (χ2v) is 3.89. The third kappa shape index (κ3) is 4.71. The molecule has 0 aliphatic rings. The molecule has 0 saturated heterocycles. The van der Waals surface area contributed by atoms with Gasteiger partial charge in [0, 0.05) is 18.7 Å². The number of nitrogens with one attached hydrogen (secondary N) is 1. The number of methoxy groups -OCH3 is 1. The highest BCUT2D eigenvalue weighted by Crippen LogP contribution is 2.19. The second kappa shape index (κ2) is 8.03. The third-order valence-corrected chi connectivity index (χ3v) is 2.59. The van der Waals surface area contributed by atoms with Crippen molar-refractivity contribution in [1.82, 2.24) is 5.32 Å². The van der Waals surface area contributed by atoms with E-state index < -0.39 is 0 Å². The molecule has 0 atom stereocenters. The van der Waals surface area contributed by atoms with Crippen LogP contribution in [0, 0.1) is 5.82 Å². The monoisotopic (exact) mass is 241 g/mol. The molecule has 0 spiro atoms. The van der Waals surface area contributed by atoms with Gasteiger partial charge in [0.1, 0.15) is 0 Å². The molecule has 0 bridgehead atoms. The average Bonchev–Trinajstić information content (AvgIpc) is 2.35. The van der Waals surface area contributed by atoms with Crippen LogP contribution in [0.4, 0.5) is 4.39 Å². The van der Waals surface area contributed by atoms with Crippen LogP contribution in [-0.4, -0.2) is 25.4 Å². The zero-order chi connectivity index (χ0) is 12.5. The summed E-state index contributed by atoms with van der Waals surface area (Å²) in [5.41, 5.74) is 0.617. The maximum atomic E-state index is 13.7. The first kappa shape index (κ1) is 13.9. The van der Waals surface area contributed by atoms with Crippen LogP contribution in [0.1, 0.15) is 24.8 Å². The van der Waals surface area contributed by atoms with Crippen LogP contribution in [0.3, 0.4) is 0 Å². The van der Waals surface area contributed by atoms with Gasteiger partial charge >= 0.3 is 0 Å². The molecule has 3 nitrogen and oxygen atoms in total. The number of aliphatic hydroxyl groups is 1. The first-order chi connectivity index (χ1) is 8.29. The fourth-order valence-corrected chi connectivity index (χ4v) is 1.61. The van der Waals surface area contributed by atoms with Gasteiger partial charge in [-0.3, -0.25) is 0 Å². The molecule has 0 fully saturated rings. The van der Waals surface area contributed by atoms with Crippen molar-refractivity contribution in [3.63, 3.8) is 0 Å². The van der Waals surface area contributed by atoms with Crippen LogP contribution in [0.5, 0.6) is 5.75 Å². The number of rotatable bonds is 8. The molecule has 17 heavy (non-hydrogen) atoms. The molecule has 1 aromatic carbocycles.